The summed E-state index contributed by atoms with van der Waals surface area (Å²) >= 11 is 0. The van der Waals surface area contributed by atoms with Crippen LogP contribution in [0.2, 0.25) is 0 Å². The van der Waals surface area contributed by atoms with E-state index in [2.05, 4.69) is 81.4 Å². The number of hydrogen-bond donors (Lipinski definition) is 0. The van der Waals surface area contributed by atoms with Crippen LogP contribution in [0.15, 0.2) is 23.1 Å². The highest BCUT2D eigenvalue weighted by molar-refractivity contribution is 6.66. The second-order valence-corrected chi connectivity index (χ2v) is 10.8. The lowest BCUT2D eigenvalue weighted by molar-refractivity contribution is 0.00578. The fourth-order valence-electron chi connectivity index (χ4n) is 3.56. The Bertz CT molecular complexity index is 562. The van der Waals surface area contributed by atoms with Gasteiger partial charge in [0.25, 0.3) is 0 Å². The lowest BCUT2D eigenvalue weighted by atomic mass is 9.60. The molecule has 0 atom stereocenters. The van der Waals surface area contributed by atoms with Crippen LogP contribution in [0.3, 0.4) is 0 Å². The molecule has 170 valence electrons. The van der Waals surface area contributed by atoms with Gasteiger partial charge >= 0.3 is 14.2 Å². The summed E-state index contributed by atoms with van der Waals surface area (Å²) in [4.78, 5) is 0. The van der Waals surface area contributed by atoms with Gasteiger partial charge in [-0.2, -0.15) is 0 Å². The van der Waals surface area contributed by atoms with Gasteiger partial charge in [0.15, 0.2) is 0 Å². The summed E-state index contributed by atoms with van der Waals surface area (Å²) < 4.78 is 25.9. The van der Waals surface area contributed by atoms with Crippen molar-refractivity contribution in [3.05, 3.63) is 23.1 Å². The highest BCUT2D eigenvalue weighted by Crippen LogP contribution is 2.44. The van der Waals surface area contributed by atoms with Gasteiger partial charge in [-0.3, -0.25) is 0 Å². The normalized spacial score (nSPS) is 25.3. The van der Waals surface area contributed by atoms with E-state index >= 15 is 0 Å². The van der Waals surface area contributed by atoms with Crippen molar-refractivity contribution in [1.82, 2.24) is 0 Å². The Labute approximate surface area is 186 Å². The van der Waals surface area contributed by atoms with E-state index in [1.54, 1.807) is 0 Å². The maximum absolute atomic E-state index is 6.47. The number of hydrogen-bond acceptors (Lipinski definition) is 4. The van der Waals surface area contributed by atoms with Gasteiger partial charge in [0, 0.05) is 0 Å². The van der Waals surface area contributed by atoms with Gasteiger partial charge in [-0.25, -0.2) is 0 Å². The SMILES string of the molecule is CCCC/C=C(B1OC(C)(C)C(C)(C)O1)/C(=C/CCCC)B1OC(C)(C)C(C)(C)O1. The molecule has 2 rings (SSSR count). The first-order valence-electron chi connectivity index (χ1n) is 11.9. The molecule has 0 spiro atoms. The lowest BCUT2D eigenvalue weighted by Gasteiger charge is -2.32. The molecule has 4 nitrogen and oxygen atoms in total. The molecule has 0 aromatic rings. The number of allylic oxidation sites excluding steroid dienone is 4. The Morgan fingerprint density at radius 1 is 0.567 bits per heavy atom. The fourth-order valence-corrected chi connectivity index (χ4v) is 3.56. The number of unbranched alkanes of at least 4 members (excludes halogenated alkanes) is 4. The van der Waals surface area contributed by atoms with E-state index in [4.69, 9.17) is 18.6 Å². The molecule has 2 saturated heterocycles. The van der Waals surface area contributed by atoms with E-state index in [0.29, 0.717) is 0 Å². The average molecular weight is 418 g/mol. The van der Waals surface area contributed by atoms with E-state index in [1.807, 2.05) is 0 Å². The smallest absolute Gasteiger partial charge is 0.399 e. The van der Waals surface area contributed by atoms with Gasteiger partial charge in [-0.15, -0.1) is 0 Å². The van der Waals surface area contributed by atoms with Crippen molar-refractivity contribution in [3.63, 3.8) is 0 Å². The summed E-state index contributed by atoms with van der Waals surface area (Å²) in [6, 6.07) is 0. The lowest BCUT2D eigenvalue weighted by Crippen LogP contribution is -2.41. The van der Waals surface area contributed by atoms with E-state index in [0.717, 1.165) is 49.5 Å². The third-order valence-corrected chi connectivity index (χ3v) is 7.19. The number of rotatable bonds is 9. The second kappa shape index (κ2) is 9.52. The predicted octanol–water partition coefficient (Wildman–Crippen LogP) is 6.48. The van der Waals surface area contributed by atoms with Crippen molar-refractivity contribution in [1.29, 1.82) is 0 Å². The van der Waals surface area contributed by atoms with Crippen molar-refractivity contribution in [2.24, 2.45) is 0 Å². The molecular formula is C24H44B2O4. The van der Waals surface area contributed by atoms with Crippen molar-refractivity contribution in [2.45, 2.75) is 130 Å². The molecule has 0 bridgehead atoms. The van der Waals surface area contributed by atoms with Crippen LogP contribution in [0.4, 0.5) is 0 Å². The Morgan fingerprint density at radius 2 is 0.833 bits per heavy atom. The first kappa shape index (κ1) is 25.7. The van der Waals surface area contributed by atoms with Crippen LogP contribution in [-0.4, -0.2) is 36.6 Å². The molecule has 2 aliphatic rings. The average Bonchev–Trinajstić information content (AvgIpc) is 2.96. The first-order valence-corrected chi connectivity index (χ1v) is 11.9. The molecule has 0 aromatic carbocycles. The standard InChI is InChI=1S/C24H44B2O4/c1-11-13-15-17-19(25-27-21(3,4)22(5,6)28-25)20(18-16-14-12-2)26-29-23(7,8)24(9,10)30-26/h17-18H,11-16H2,1-10H3/b19-17-,20-18-. The van der Waals surface area contributed by atoms with Crippen LogP contribution in [-0.2, 0) is 18.6 Å². The largest absolute Gasteiger partial charge is 0.494 e. The monoisotopic (exact) mass is 418 g/mol. The zero-order valence-electron chi connectivity index (χ0n) is 21.2. The Kier molecular flexibility index (Phi) is 8.16. The molecule has 2 heterocycles. The topological polar surface area (TPSA) is 36.9 Å². The summed E-state index contributed by atoms with van der Waals surface area (Å²) in [5.41, 5.74) is 0.601. The molecule has 0 aromatic heterocycles. The first-order chi connectivity index (χ1) is 13.8. The summed E-state index contributed by atoms with van der Waals surface area (Å²) in [6.07, 6.45) is 11.1. The van der Waals surface area contributed by atoms with E-state index in [1.165, 1.54) is 0 Å². The highest BCUT2D eigenvalue weighted by Gasteiger charge is 2.57. The molecule has 2 fully saturated rings. The van der Waals surface area contributed by atoms with Crippen molar-refractivity contribution >= 4 is 14.2 Å². The molecule has 30 heavy (non-hydrogen) atoms. The van der Waals surface area contributed by atoms with Crippen LogP contribution >= 0.6 is 0 Å². The van der Waals surface area contributed by atoms with E-state index in [9.17, 15) is 0 Å². The summed E-state index contributed by atoms with van der Waals surface area (Å²) in [6.45, 7) is 21.3. The molecule has 0 N–H and O–H groups in total. The van der Waals surface area contributed by atoms with E-state index in [-0.39, 0.29) is 22.4 Å². The maximum Gasteiger partial charge on any atom is 0.494 e. The molecule has 0 unspecified atom stereocenters. The molecular weight excluding hydrogens is 374 g/mol. The van der Waals surface area contributed by atoms with Gasteiger partial charge < -0.3 is 18.6 Å². The quantitative estimate of drug-likeness (QED) is 0.244. The van der Waals surface area contributed by atoms with Gasteiger partial charge in [0.1, 0.15) is 0 Å². The zero-order valence-corrected chi connectivity index (χ0v) is 21.2. The minimum Gasteiger partial charge on any atom is -0.399 e. The molecule has 0 saturated carbocycles. The predicted molar refractivity (Wildman–Crippen MR) is 127 cm³/mol. The summed E-state index contributed by atoms with van der Waals surface area (Å²) in [5.74, 6) is 0. The molecule has 0 aliphatic carbocycles. The second-order valence-electron chi connectivity index (χ2n) is 10.8. The van der Waals surface area contributed by atoms with Gasteiger partial charge in [-0.05, 0) is 79.2 Å². The minimum absolute atomic E-state index is 0.383. The summed E-state index contributed by atoms with van der Waals surface area (Å²) in [7, 11) is -0.836. The third-order valence-electron chi connectivity index (χ3n) is 7.19. The fraction of sp³-hybridized carbons (Fsp3) is 0.833. The van der Waals surface area contributed by atoms with Crippen molar-refractivity contribution < 1.29 is 18.6 Å². The minimum atomic E-state index is -0.418. The van der Waals surface area contributed by atoms with Crippen molar-refractivity contribution in [3.8, 4) is 0 Å². The van der Waals surface area contributed by atoms with Crippen molar-refractivity contribution in [2.75, 3.05) is 0 Å². The third kappa shape index (κ3) is 5.43. The Morgan fingerprint density at radius 3 is 1.07 bits per heavy atom. The van der Waals surface area contributed by atoms with E-state index < -0.39 is 14.2 Å². The van der Waals surface area contributed by atoms with Gasteiger partial charge in [0.05, 0.1) is 22.4 Å². The zero-order chi connectivity index (χ0) is 22.8. The molecule has 0 amide bonds. The molecule has 0 radical (unpaired) electrons. The summed E-state index contributed by atoms with van der Waals surface area (Å²) in [5, 5.41) is 0. The molecule has 6 heteroatoms. The van der Waals surface area contributed by atoms with Crippen LogP contribution in [0.1, 0.15) is 108 Å². The van der Waals surface area contributed by atoms with Crippen LogP contribution in [0.25, 0.3) is 0 Å². The van der Waals surface area contributed by atoms with Crippen LogP contribution in [0, 0.1) is 0 Å². The van der Waals surface area contributed by atoms with Gasteiger partial charge in [-0.1, -0.05) is 51.7 Å². The Balaban J connectivity index is 2.44. The Hall–Kier alpha value is -0.550. The van der Waals surface area contributed by atoms with Crippen LogP contribution < -0.4 is 0 Å². The van der Waals surface area contributed by atoms with Gasteiger partial charge in [0.2, 0.25) is 0 Å². The highest BCUT2D eigenvalue weighted by atomic mass is 16.7. The van der Waals surface area contributed by atoms with Crippen LogP contribution in [0.5, 0.6) is 0 Å². The molecule has 2 aliphatic heterocycles. The maximum atomic E-state index is 6.47.